The standard InChI is InChI=1S/C18H16N2O3/c1-22-15-5-2-4-14(11-15)18(21)20-12-13-7-8-19-16(10-13)17-6-3-9-23-17/h2-11H,12H2,1H3,(H,20,21). The van der Waals surface area contributed by atoms with E-state index in [4.69, 9.17) is 9.15 Å². The zero-order valence-corrected chi connectivity index (χ0v) is 12.7. The lowest BCUT2D eigenvalue weighted by Crippen LogP contribution is -2.22. The Morgan fingerprint density at radius 2 is 2.13 bits per heavy atom. The van der Waals surface area contributed by atoms with Crippen molar-refractivity contribution in [3.63, 3.8) is 0 Å². The Kier molecular flexibility index (Phi) is 4.38. The van der Waals surface area contributed by atoms with Crippen molar-refractivity contribution < 1.29 is 13.9 Å². The van der Waals surface area contributed by atoms with Crippen LogP contribution in [0.1, 0.15) is 15.9 Å². The maximum absolute atomic E-state index is 12.2. The van der Waals surface area contributed by atoms with Gasteiger partial charge in [-0.3, -0.25) is 9.78 Å². The molecule has 5 heteroatoms. The van der Waals surface area contributed by atoms with Gasteiger partial charge in [0.05, 0.1) is 13.4 Å². The van der Waals surface area contributed by atoms with Crippen LogP contribution in [0.3, 0.4) is 0 Å². The summed E-state index contributed by atoms with van der Waals surface area (Å²) >= 11 is 0. The first-order valence-electron chi connectivity index (χ1n) is 7.17. The highest BCUT2D eigenvalue weighted by Crippen LogP contribution is 2.18. The summed E-state index contributed by atoms with van der Waals surface area (Å²) < 4.78 is 10.5. The number of aromatic nitrogens is 1. The maximum Gasteiger partial charge on any atom is 0.251 e. The summed E-state index contributed by atoms with van der Waals surface area (Å²) in [6, 6.07) is 14.5. The number of methoxy groups -OCH3 is 1. The van der Waals surface area contributed by atoms with E-state index in [2.05, 4.69) is 10.3 Å². The van der Waals surface area contributed by atoms with Crippen molar-refractivity contribution in [2.24, 2.45) is 0 Å². The summed E-state index contributed by atoms with van der Waals surface area (Å²) in [6.45, 7) is 0.409. The molecule has 0 unspecified atom stereocenters. The van der Waals surface area contributed by atoms with Gasteiger partial charge in [0.2, 0.25) is 0 Å². The number of carbonyl (C=O) groups is 1. The Balaban J connectivity index is 1.68. The summed E-state index contributed by atoms with van der Waals surface area (Å²) in [5, 5.41) is 2.89. The predicted molar refractivity (Wildman–Crippen MR) is 86.1 cm³/mol. The van der Waals surface area contributed by atoms with Crippen LogP contribution in [0.5, 0.6) is 5.75 Å². The minimum atomic E-state index is -0.153. The van der Waals surface area contributed by atoms with Crippen LogP contribution in [0.15, 0.2) is 65.4 Å². The third-order valence-electron chi connectivity index (χ3n) is 3.38. The molecule has 1 aromatic carbocycles. The molecule has 3 rings (SSSR count). The van der Waals surface area contributed by atoms with E-state index in [9.17, 15) is 4.79 Å². The number of furan rings is 1. The third kappa shape index (κ3) is 3.58. The van der Waals surface area contributed by atoms with Crippen molar-refractivity contribution in [2.45, 2.75) is 6.54 Å². The molecule has 0 saturated heterocycles. The molecule has 0 atom stereocenters. The normalized spacial score (nSPS) is 10.3. The van der Waals surface area contributed by atoms with Crippen molar-refractivity contribution in [1.82, 2.24) is 10.3 Å². The Morgan fingerprint density at radius 1 is 1.22 bits per heavy atom. The van der Waals surface area contributed by atoms with E-state index in [1.165, 1.54) is 0 Å². The Labute approximate surface area is 133 Å². The average molecular weight is 308 g/mol. The lowest BCUT2D eigenvalue weighted by molar-refractivity contribution is 0.0950. The summed E-state index contributed by atoms with van der Waals surface area (Å²) in [6.07, 6.45) is 3.30. The molecule has 1 amide bonds. The van der Waals surface area contributed by atoms with E-state index >= 15 is 0 Å². The van der Waals surface area contributed by atoms with Gasteiger partial charge in [-0.15, -0.1) is 0 Å². The van der Waals surface area contributed by atoms with Crippen LogP contribution in [0.2, 0.25) is 0 Å². The van der Waals surface area contributed by atoms with Crippen LogP contribution in [-0.2, 0) is 6.54 Å². The number of nitrogens with one attached hydrogen (secondary N) is 1. The molecule has 0 aliphatic rings. The number of amides is 1. The van der Waals surface area contributed by atoms with E-state index in [0.717, 1.165) is 11.3 Å². The molecular formula is C18H16N2O3. The number of benzene rings is 1. The average Bonchev–Trinajstić information content (AvgIpc) is 3.14. The molecule has 0 spiro atoms. The van der Waals surface area contributed by atoms with Gasteiger partial charge < -0.3 is 14.5 Å². The Bertz CT molecular complexity index is 798. The highest BCUT2D eigenvalue weighted by Gasteiger charge is 2.08. The topological polar surface area (TPSA) is 64.4 Å². The minimum Gasteiger partial charge on any atom is -0.497 e. The van der Waals surface area contributed by atoms with Gasteiger partial charge in [-0.25, -0.2) is 0 Å². The Hall–Kier alpha value is -3.08. The summed E-state index contributed by atoms with van der Waals surface area (Å²) in [4.78, 5) is 16.5. The number of hydrogen-bond acceptors (Lipinski definition) is 4. The molecule has 0 saturated carbocycles. The van der Waals surface area contributed by atoms with Crippen molar-refractivity contribution in [2.75, 3.05) is 7.11 Å². The van der Waals surface area contributed by atoms with E-state index in [0.29, 0.717) is 23.6 Å². The molecule has 2 heterocycles. The summed E-state index contributed by atoms with van der Waals surface area (Å²) in [5.41, 5.74) is 2.25. The van der Waals surface area contributed by atoms with Gasteiger partial charge in [0.15, 0.2) is 5.76 Å². The molecule has 0 aliphatic carbocycles. The van der Waals surface area contributed by atoms with Crippen LogP contribution in [0.25, 0.3) is 11.5 Å². The molecular weight excluding hydrogens is 292 g/mol. The van der Waals surface area contributed by atoms with E-state index in [-0.39, 0.29) is 5.91 Å². The molecule has 0 radical (unpaired) electrons. The van der Waals surface area contributed by atoms with Crippen LogP contribution < -0.4 is 10.1 Å². The molecule has 3 aromatic rings. The van der Waals surface area contributed by atoms with Gasteiger partial charge in [-0.05, 0) is 48.0 Å². The van der Waals surface area contributed by atoms with Crippen LogP contribution >= 0.6 is 0 Å². The Morgan fingerprint density at radius 3 is 2.91 bits per heavy atom. The third-order valence-corrected chi connectivity index (χ3v) is 3.38. The van der Waals surface area contributed by atoms with Crippen LogP contribution in [0, 0.1) is 0 Å². The summed E-state index contributed by atoms with van der Waals surface area (Å²) in [7, 11) is 1.57. The van der Waals surface area contributed by atoms with Crippen LogP contribution in [-0.4, -0.2) is 18.0 Å². The highest BCUT2D eigenvalue weighted by molar-refractivity contribution is 5.94. The maximum atomic E-state index is 12.2. The second-order valence-electron chi connectivity index (χ2n) is 4.94. The van der Waals surface area contributed by atoms with Gasteiger partial charge in [-0.1, -0.05) is 6.07 Å². The summed E-state index contributed by atoms with van der Waals surface area (Å²) in [5.74, 6) is 1.20. The molecule has 0 bridgehead atoms. The second kappa shape index (κ2) is 6.79. The fraction of sp³-hybridized carbons (Fsp3) is 0.111. The molecule has 1 N–H and O–H groups in total. The lowest BCUT2D eigenvalue weighted by Gasteiger charge is -2.07. The second-order valence-corrected chi connectivity index (χ2v) is 4.94. The fourth-order valence-corrected chi connectivity index (χ4v) is 2.19. The predicted octanol–water partition coefficient (Wildman–Crippen LogP) is 3.28. The van der Waals surface area contributed by atoms with Gasteiger partial charge >= 0.3 is 0 Å². The number of ether oxygens (including phenoxy) is 1. The largest absolute Gasteiger partial charge is 0.497 e. The number of rotatable bonds is 5. The number of carbonyl (C=O) groups excluding carboxylic acids is 1. The first kappa shape index (κ1) is 14.8. The van der Waals surface area contributed by atoms with Gasteiger partial charge in [0.1, 0.15) is 11.4 Å². The number of pyridine rings is 1. The van der Waals surface area contributed by atoms with Gasteiger partial charge in [0, 0.05) is 18.3 Å². The monoisotopic (exact) mass is 308 g/mol. The first-order chi connectivity index (χ1) is 11.3. The quantitative estimate of drug-likeness (QED) is 0.785. The first-order valence-corrected chi connectivity index (χ1v) is 7.17. The van der Waals surface area contributed by atoms with Crippen molar-refractivity contribution in [3.8, 4) is 17.2 Å². The van der Waals surface area contributed by atoms with Crippen molar-refractivity contribution >= 4 is 5.91 Å². The zero-order chi connectivity index (χ0) is 16.1. The van der Waals surface area contributed by atoms with Crippen LogP contribution in [0.4, 0.5) is 0 Å². The van der Waals surface area contributed by atoms with Crippen molar-refractivity contribution in [3.05, 3.63) is 72.1 Å². The number of hydrogen-bond donors (Lipinski definition) is 1. The molecule has 0 fully saturated rings. The molecule has 23 heavy (non-hydrogen) atoms. The number of nitrogens with zero attached hydrogens (tertiary/aromatic N) is 1. The molecule has 116 valence electrons. The van der Waals surface area contributed by atoms with E-state index in [1.54, 1.807) is 43.8 Å². The van der Waals surface area contributed by atoms with Crippen molar-refractivity contribution in [1.29, 1.82) is 0 Å². The zero-order valence-electron chi connectivity index (χ0n) is 12.7. The highest BCUT2D eigenvalue weighted by atomic mass is 16.5. The van der Waals surface area contributed by atoms with Gasteiger partial charge in [-0.2, -0.15) is 0 Å². The van der Waals surface area contributed by atoms with E-state index in [1.807, 2.05) is 24.3 Å². The van der Waals surface area contributed by atoms with E-state index < -0.39 is 0 Å². The SMILES string of the molecule is COc1cccc(C(=O)NCc2ccnc(-c3ccco3)c2)c1. The molecule has 2 aromatic heterocycles. The smallest absolute Gasteiger partial charge is 0.251 e. The molecule has 0 aliphatic heterocycles. The van der Waals surface area contributed by atoms with Gasteiger partial charge in [0.25, 0.3) is 5.91 Å². The fourth-order valence-electron chi connectivity index (χ4n) is 2.19. The lowest BCUT2D eigenvalue weighted by atomic mass is 10.1. The molecule has 5 nitrogen and oxygen atoms in total. The minimum absolute atomic E-state index is 0.153.